The highest BCUT2D eigenvalue weighted by molar-refractivity contribution is 6.30. The lowest BCUT2D eigenvalue weighted by atomic mass is 10.1. The molecule has 2 unspecified atom stereocenters. The van der Waals surface area contributed by atoms with Crippen molar-refractivity contribution < 1.29 is 28.1 Å². The van der Waals surface area contributed by atoms with Gasteiger partial charge in [0.05, 0.1) is 30.7 Å². The van der Waals surface area contributed by atoms with Crippen LogP contribution in [0.4, 0.5) is 15.0 Å². The van der Waals surface area contributed by atoms with Crippen LogP contribution in [-0.2, 0) is 14.2 Å². The number of pyridine rings is 1. The molecule has 1 amide bonds. The molecule has 0 saturated carbocycles. The lowest BCUT2D eigenvalue weighted by Gasteiger charge is -2.42. The maximum absolute atomic E-state index is 15.3. The number of hydrogen-bond acceptors (Lipinski definition) is 10. The average Bonchev–Trinajstić information content (AvgIpc) is 3.72. The highest BCUT2D eigenvalue weighted by atomic mass is 35.5. The van der Waals surface area contributed by atoms with Crippen molar-refractivity contribution in [3.05, 3.63) is 17.2 Å². The highest BCUT2D eigenvalue weighted by Crippen LogP contribution is 2.37. The molecule has 13 heteroatoms. The van der Waals surface area contributed by atoms with E-state index in [2.05, 4.69) is 19.8 Å². The Morgan fingerprint density at radius 2 is 1.84 bits per heavy atom. The zero-order valence-electron chi connectivity index (χ0n) is 26.0. The number of amides is 1. The number of ether oxygens (including phenoxy) is 4. The number of nitrogens with zero attached hydrogens (tertiary/aromatic N) is 6. The number of carbonyl (C=O) groups excluding carboxylic acids is 1. The van der Waals surface area contributed by atoms with E-state index in [1.165, 1.54) is 6.20 Å². The summed E-state index contributed by atoms with van der Waals surface area (Å²) in [7, 11) is 0. The van der Waals surface area contributed by atoms with Crippen molar-refractivity contribution in [2.45, 2.75) is 102 Å². The van der Waals surface area contributed by atoms with Gasteiger partial charge in [0.15, 0.2) is 17.3 Å². The van der Waals surface area contributed by atoms with E-state index in [0.717, 1.165) is 64.5 Å². The van der Waals surface area contributed by atoms with Crippen LogP contribution in [0.3, 0.4) is 0 Å². The Bertz CT molecular complexity index is 1310. The Hall–Kier alpha value is -2.54. The molecule has 0 aromatic carbocycles. The van der Waals surface area contributed by atoms with Crippen LogP contribution >= 0.6 is 11.6 Å². The molecule has 2 bridgehead atoms. The molecule has 6 heterocycles. The van der Waals surface area contributed by atoms with Gasteiger partial charge in [0.1, 0.15) is 23.5 Å². The number of rotatable bonds is 10. The summed E-state index contributed by atoms with van der Waals surface area (Å²) in [5.74, 6) is -0.142. The van der Waals surface area contributed by atoms with Gasteiger partial charge in [-0.15, -0.1) is 0 Å². The Balaban J connectivity index is 1.12. The van der Waals surface area contributed by atoms with E-state index in [1.807, 2.05) is 25.7 Å². The van der Waals surface area contributed by atoms with Gasteiger partial charge < -0.3 is 23.8 Å². The Labute approximate surface area is 263 Å². The minimum atomic E-state index is -0.691. The van der Waals surface area contributed by atoms with Crippen LogP contribution in [-0.4, -0.2) is 107 Å². The summed E-state index contributed by atoms with van der Waals surface area (Å²) in [5, 5.41) is 0.233. The van der Waals surface area contributed by atoms with Crippen LogP contribution < -0.4 is 9.64 Å². The molecule has 6 rings (SSSR count). The first-order valence-corrected chi connectivity index (χ1v) is 16.4. The lowest BCUT2D eigenvalue weighted by Crippen LogP contribution is -2.57. The van der Waals surface area contributed by atoms with Crippen LogP contribution in [0.5, 0.6) is 6.01 Å². The number of likely N-dealkylation sites (tertiary alicyclic amines) is 1. The number of fused-ring (bicyclic) bond motifs is 3. The molecule has 0 aliphatic carbocycles. The van der Waals surface area contributed by atoms with Crippen molar-refractivity contribution in [2.75, 3.05) is 50.9 Å². The summed E-state index contributed by atoms with van der Waals surface area (Å²) in [6, 6.07) is 0.305. The molecule has 44 heavy (non-hydrogen) atoms. The van der Waals surface area contributed by atoms with Gasteiger partial charge in [0, 0.05) is 25.3 Å². The molecular weight excluding hydrogens is 591 g/mol. The van der Waals surface area contributed by atoms with Crippen molar-refractivity contribution in [3.63, 3.8) is 0 Å². The fraction of sp³-hybridized carbons (Fsp3) is 0.742. The summed E-state index contributed by atoms with van der Waals surface area (Å²) < 4.78 is 38.2. The van der Waals surface area contributed by atoms with E-state index in [4.69, 9.17) is 35.5 Å². The summed E-state index contributed by atoms with van der Waals surface area (Å²) >= 11 is 6.07. The molecule has 4 aliphatic heterocycles. The Kier molecular flexibility index (Phi) is 9.61. The van der Waals surface area contributed by atoms with Gasteiger partial charge in [-0.25, -0.2) is 14.2 Å². The number of unbranched alkanes of at least 4 members (excludes halogenated alkanes) is 2. The summed E-state index contributed by atoms with van der Waals surface area (Å²) in [5.41, 5.74) is -0.481. The molecule has 3 atom stereocenters. The smallest absolute Gasteiger partial charge is 0.410 e. The second-order valence-electron chi connectivity index (χ2n) is 13.3. The monoisotopic (exact) mass is 634 g/mol. The van der Waals surface area contributed by atoms with Crippen molar-refractivity contribution in [2.24, 2.45) is 0 Å². The van der Waals surface area contributed by atoms with Crippen molar-refractivity contribution in [3.8, 4) is 6.01 Å². The molecule has 0 N–H and O–H groups in total. The second kappa shape index (κ2) is 13.4. The zero-order chi connectivity index (χ0) is 30.8. The van der Waals surface area contributed by atoms with Crippen molar-refractivity contribution >= 4 is 34.4 Å². The zero-order valence-corrected chi connectivity index (χ0v) is 26.7. The van der Waals surface area contributed by atoms with Gasteiger partial charge in [0.2, 0.25) is 0 Å². The SMILES string of the molecule is CC(C)(C)OC(=O)N1C2CCC1CN(c1nc(OC[C@@H]3CCCN3CCCCCC3OCCO3)nc3c(F)c(Cl)ncc13)C2. The first-order valence-electron chi connectivity index (χ1n) is 16.0. The number of aromatic nitrogens is 3. The quantitative estimate of drug-likeness (QED) is 0.257. The average molecular weight is 635 g/mol. The largest absolute Gasteiger partial charge is 0.462 e. The molecular formula is C31H44ClFN6O5. The highest BCUT2D eigenvalue weighted by Gasteiger charge is 2.45. The summed E-state index contributed by atoms with van der Waals surface area (Å²) in [4.78, 5) is 32.7. The van der Waals surface area contributed by atoms with E-state index in [9.17, 15) is 4.79 Å². The fourth-order valence-electron chi connectivity index (χ4n) is 6.92. The van der Waals surface area contributed by atoms with Gasteiger partial charge in [0.25, 0.3) is 0 Å². The van der Waals surface area contributed by atoms with Crippen LogP contribution in [0.1, 0.15) is 72.1 Å². The number of anilines is 1. The number of carbonyl (C=O) groups is 1. The molecule has 4 aliphatic rings. The maximum Gasteiger partial charge on any atom is 0.410 e. The van der Waals surface area contributed by atoms with E-state index in [0.29, 0.717) is 44.1 Å². The van der Waals surface area contributed by atoms with Crippen LogP contribution in [0.25, 0.3) is 10.9 Å². The first-order chi connectivity index (χ1) is 21.2. The molecule has 4 fully saturated rings. The van der Waals surface area contributed by atoms with Gasteiger partial charge in [-0.1, -0.05) is 18.0 Å². The predicted octanol–water partition coefficient (Wildman–Crippen LogP) is 5.18. The topological polar surface area (TPSA) is 102 Å². The Morgan fingerprint density at radius 3 is 2.57 bits per heavy atom. The number of piperazine rings is 1. The minimum Gasteiger partial charge on any atom is -0.462 e. The van der Waals surface area contributed by atoms with Crippen LogP contribution in [0.2, 0.25) is 5.15 Å². The third-order valence-electron chi connectivity index (χ3n) is 8.97. The van der Waals surface area contributed by atoms with Gasteiger partial charge in [-0.05, 0) is 78.8 Å². The van der Waals surface area contributed by atoms with E-state index in [1.54, 1.807) is 0 Å². The second-order valence-corrected chi connectivity index (χ2v) is 13.7. The minimum absolute atomic E-state index is 0.0331. The van der Waals surface area contributed by atoms with Crippen LogP contribution in [0.15, 0.2) is 6.20 Å². The van der Waals surface area contributed by atoms with Crippen LogP contribution in [0, 0.1) is 5.82 Å². The number of halogens is 2. The van der Waals surface area contributed by atoms with E-state index >= 15 is 4.39 Å². The standard InChI is InChI=1S/C31H44ClFN6O5/c1-31(2,3)44-30(40)39-20-10-11-21(39)18-38(17-20)28-23-16-34-27(32)25(33)26(23)35-29(36-28)43-19-22-8-7-13-37(22)12-6-4-5-9-24-41-14-15-42-24/h16,20-22,24H,4-15,17-19H2,1-3H3/t20?,21?,22-/m0/s1. The summed E-state index contributed by atoms with van der Waals surface area (Å²) in [6.07, 6.45) is 9.34. The van der Waals surface area contributed by atoms with Gasteiger partial charge in [-0.2, -0.15) is 9.97 Å². The predicted molar refractivity (Wildman–Crippen MR) is 164 cm³/mol. The van der Waals surface area contributed by atoms with E-state index < -0.39 is 11.4 Å². The molecule has 2 aromatic rings. The molecule has 0 spiro atoms. The molecule has 242 valence electrons. The summed E-state index contributed by atoms with van der Waals surface area (Å²) in [6.45, 7) is 10.6. The lowest BCUT2D eigenvalue weighted by molar-refractivity contribution is -0.0480. The maximum atomic E-state index is 15.3. The molecule has 0 radical (unpaired) electrons. The third kappa shape index (κ3) is 7.13. The Morgan fingerprint density at radius 1 is 1.09 bits per heavy atom. The van der Waals surface area contributed by atoms with E-state index in [-0.39, 0.29) is 47.2 Å². The number of hydrogen-bond donors (Lipinski definition) is 0. The molecule has 4 saturated heterocycles. The van der Waals surface area contributed by atoms with Crippen molar-refractivity contribution in [1.82, 2.24) is 24.8 Å². The van der Waals surface area contributed by atoms with Crippen molar-refractivity contribution in [1.29, 1.82) is 0 Å². The van der Waals surface area contributed by atoms with Gasteiger partial charge in [-0.3, -0.25) is 9.80 Å². The fourth-order valence-corrected chi connectivity index (χ4v) is 7.06. The normalized spacial score (nSPS) is 24.5. The third-order valence-corrected chi connectivity index (χ3v) is 9.23. The molecule has 2 aromatic heterocycles. The molecule has 11 nitrogen and oxygen atoms in total. The first kappa shape index (κ1) is 31.4. The van der Waals surface area contributed by atoms with Gasteiger partial charge >= 0.3 is 12.1 Å².